The quantitative estimate of drug-likeness (QED) is 0.00560. The summed E-state index contributed by atoms with van der Waals surface area (Å²) in [6, 6.07) is 38.4. The second kappa shape index (κ2) is 60.9. The van der Waals surface area contributed by atoms with Crippen molar-refractivity contribution in [2.45, 2.75) is 159 Å². The molecule has 0 aliphatic carbocycles. The van der Waals surface area contributed by atoms with Crippen molar-refractivity contribution in [3.63, 3.8) is 0 Å². The number of pyridine rings is 1. The van der Waals surface area contributed by atoms with Crippen LogP contribution in [0.25, 0.3) is 0 Å². The van der Waals surface area contributed by atoms with Crippen LogP contribution in [-0.4, -0.2) is 255 Å². The molecule has 13 rings (SSSR count). The maximum Gasteiger partial charge on any atom is 0.328 e. The van der Waals surface area contributed by atoms with Gasteiger partial charge in [-0.15, -0.1) is 22.0 Å². The number of carboxylic acid groups (broad SMARTS) is 7. The third-order valence-corrected chi connectivity index (χ3v) is 35.6. The van der Waals surface area contributed by atoms with Crippen molar-refractivity contribution < 1.29 is 110 Å². The Balaban J connectivity index is 0.000000201. The Kier molecular flexibility index (Phi) is 49.7. The molecule has 46 heteroatoms. The van der Waals surface area contributed by atoms with E-state index >= 15 is 0 Å². The van der Waals surface area contributed by atoms with Gasteiger partial charge < -0.3 is 56.9 Å². The van der Waals surface area contributed by atoms with Gasteiger partial charge in [0.15, 0.2) is 10.2 Å². The minimum atomic E-state index is -1.19. The summed E-state index contributed by atoms with van der Waals surface area (Å²) >= 11 is 7.49. The second-order valence-electron chi connectivity index (χ2n) is 33.5. The van der Waals surface area contributed by atoms with Crippen LogP contribution in [0.5, 0.6) is 0 Å². The summed E-state index contributed by atoms with van der Waals surface area (Å²) in [4.78, 5) is 127. The monoisotopic (exact) mass is 2180 g/mol. The summed E-state index contributed by atoms with van der Waals surface area (Å²) < 4.78 is 75.2. The molecule has 1 amide bonds. The Morgan fingerprint density at radius 3 is 1.17 bits per heavy atom. The highest BCUT2D eigenvalue weighted by Gasteiger charge is 2.34. The van der Waals surface area contributed by atoms with Crippen molar-refractivity contribution in [3.8, 4) is 0 Å². The van der Waals surface area contributed by atoms with Crippen molar-refractivity contribution in [1.82, 2.24) is 45.0 Å². The summed E-state index contributed by atoms with van der Waals surface area (Å²) in [7, 11) is 10.9. The Hall–Kier alpha value is -10.1. The van der Waals surface area contributed by atoms with Crippen LogP contribution in [0.4, 0.5) is 27.6 Å². The number of carbonyl (C=O) groups is 9. The fraction of sp³-hybridized carbons (Fsp3) is 0.367. The van der Waals surface area contributed by atoms with Gasteiger partial charge in [0.2, 0.25) is 5.91 Å². The number of piperidine rings is 5. The average molecular weight is 2180 g/mol. The van der Waals surface area contributed by atoms with E-state index in [2.05, 4.69) is 30.3 Å². The van der Waals surface area contributed by atoms with Crippen molar-refractivity contribution in [2.24, 2.45) is 11.5 Å². The van der Waals surface area contributed by atoms with E-state index in [1.807, 2.05) is 40.7 Å². The van der Waals surface area contributed by atoms with Crippen LogP contribution in [0.15, 0.2) is 231 Å². The number of thioether (sulfide) groups is 1. The number of carboxylic acids is 7. The van der Waals surface area contributed by atoms with Gasteiger partial charge >= 0.3 is 47.5 Å². The smallest absolute Gasteiger partial charge is 0.328 e. The highest BCUT2D eigenvalue weighted by molar-refractivity contribution is 8.77. The number of hydrogen-bond acceptors (Lipinski definition) is 31. The number of nitrogens with two attached hydrogens (primary N) is 2. The van der Waals surface area contributed by atoms with Crippen LogP contribution < -0.4 is 16.8 Å². The third kappa shape index (κ3) is 41.0. The number of aromatic nitrogens is 3. The van der Waals surface area contributed by atoms with E-state index in [0.29, 0.717) is 153 Å². The summed E-state index contributed by atoms with van der Waals surface area (Å²) in [6.45, 7) is 13.1. The molecular weight excluding hydrogens is 2070 g/mol. The molecule has 8 aromatic rings. The highest BCUT2D eigenvalue weighted by atomic mass is 35.5. The number of aryl methyl sites for hydroxylation is 2. The number of nitrogens with zero attached hydrogens (tertiary/aromatic N) is 9. The predicted molar refractivity (Wildman–Crippen MR) is 556 cm³/mol. The van der Waals surface area contributed by atoms with Crippen LogP contribution in [0.1, 0.15) is 96.8 Å². The maximum atomic E-state index is 14.0. The van der Waals surface area contributed by atoms with Crippen molar-refractivity contribution in [2.75, 3.05) is 77.0 Å². The van der Waals surface area contributed by atoms with Crippen molar-refractivity contribution >= 4 is 169 Å². The van der Waals surface area contributed by atoms with Gasteiger partial charge in [-0.3, -0.25) is 49.0 Å². The number of aliphatic carboxylic acids is 7. The normalized spacial score (nSPS) is 19.5. The molecule has 12 N–H and O–H groups in total. The lowest BCUT2D eigenvalue weighted by Crippen LogP contribution is -2.43. The number of nitro groups is 1. The number of ketones is 1. The van der Waals surface area contributed by atoms with Crippen LogP contribution in [0.3, 0.4) is 0 Å². The molecule has 3 aromatic heterocycles. The van der Waals surface area contributed by atoms with E-state index in [9.17, 15) is 101 Å². The molecule has 5 fully saturated rings. The molecule has 5 saturated heterocycles. The predicted octanol–water partition coefficient (Wildman–Crippen LogP) is 17.3. The first-order chi connectivity index (χ1) is 68.8. The van der Waals surface area contributed by atoms with E-state index < -0.39 is 70.7 Å². The van der Waals surface area contributed by atoms with Crippen LogP contribution >= 0.6 is 110 Å². The Labute approximate surface area is 869 Å². The van der Waals surface area contributed by atoms with Gasteiger partial charge in [0, 0.05) is 224 Å². The zero-order chi connectivity index (χ0) is 104. The van der Waals surface area contributed by atoms with E-state index in [0.717, 1.165) is 71.6 Å². The SMILES string of the molecule is CC(=O)C(N)CCC(=O)NC(CSSC1CCN(Cc2ccccc2F)C/C1=C/C(=O)O)C(=O)O.Cc1cc(CSC2CCN(Cc3ccccc3F)C/C2=C/C(=O)O)c(C)o1.N[C@@H](CSSC1CCN(Cc2ccccc2F)C/C1=C/C(=O)O)C(=O)O.O=C(O)/C=C1/CN(Cc2ccccc2F)CCC1SSc1ccc(Cl)nn1.O=C(O)/C=C1/CN(Cc2ccccc2F)CCC1SSc1ncccc1[N+](=O)[O-]. The van der Waals surface area contributed by atoms with Crippen LogP contribution in [-0.2, 0) is 81.6 Å². The molecule has 0 saturated carbocycles. The van der Waals surface area contributed by atoms with Gasteiger partial charge in [-0.2, -0.15) is 0 Å². The molecule has 0 bridgehead atoms. The lowest BCUT2D eigenvalue weighted by atomic mass is 10.0. The van der Waals surface area contributed by atoms with E-state index in [1.165, 1.54) is 155 Å². The summed E-state index contributed by atoms with van der Waals surface area (Å²) in [5.74, 6) is -6.47. The second-order valence-corrected chi connectivity index (χ2v) is 45.1. The first-order valence-electron chi connectivity index (χ1n) is 45.0. The largest absolute Gasteiger partial charge is 0.480 e. The van der Waals surface area contributed by atoms with E-state index in [4.69, 9.17) is 37.7 Å². The Morgan fingerprint density at radius 2 is 0.840 bits per heavy atom. The molecule has 8 heterocycles. The molecule has 31 nitrogen and oxygen atoms in total. The number of likely N-dealkylation sites (tertiary alicyclic amines) is 5. The number of amides is 1. The van der Waals surface area contributed by atoms with Gasteiger partial charge in [-0.25, -0.2) is 55.7 Å². The van der Waals surface area contributed by atoms with Crippen molar-refractivity contribution in [1.29, 1.82) is 0 Å². The Morgan fingerprint density at radius 1 is 0.479 bits per heavy atom. The molecule has 0 radical (unpaired) electrons. The fourth-order valence-corrected chi connectivity index (χ4v) is 27.5. The molecule has 5 aliphatic heterocycles. The molecule has 5 aromatic carbocycles. The molecule has 5 aliphatic rings. The Bertz CT molecular complexity index is 5890. The number of nitrogens with one attached hydrogen (secondary N) is 1. The molecule has 0 spiro atoms. The van der Waals surface area contributed by atoms with Gasteiger partial charge in [-0.1, -0.05) is 167 Å². The first-order valence-corrected chi connectivity index (χ1v) is 55.6. The van der Waals surface area contributed by atoms with E-state index in [1.54, 1.807) is 120 Å². The molecule has 144 heavy (non-hydrogen) atoms. The van der Waals surface area contributed by atoms with Crippen LogP contribution in [0, 0.1) is 53.0 Å². The molecule has 772 valence electrons. The van der Waals surface area contributed by atoms with Gasteiger partial charge in [0.05, 0.1) is 11.0 Å². The number of halogens is 6. The minimum absolute atomic E-state index is 0.0334. The van der Waals surface area contributed by atoms with Gasteiger partial charge in [0.1, 0.15) is 63.5 Å². The average Bonchev–Trinajstić information content (AvgIpc) is 1.76. The first kappa shape index (κ1) is 118. The topological polar surface area (TPSA) is 470 Å². The number of rotatable bonds is 40. The number of carbonyl (C=O) groups excluding carboxylic acids is 2. The summed E-state index contributed by atoms with van der Waals surface area (Å²) in [6.07, 6.45) is 11.2. The zero-order valence-electron chi connectivity index (χ0n) is 78.3. The molecular formula is C98H110ClF5N12O19S9. The maximum absolute atomic E-state index is 14.0. The summed E-state index contributed by atoms with van der Waals surface area (Å²) in [5.41, 5.74) is 18.9. The minimum Gasteiger partial charge on any atom is -0.480 e. The third-order valence-electron chi connectivity index (χ3n) is 22.6. The highest BCUT2D eigenvalue weighted by Crippen LogP contribution is 2.45. The standard InChI is InChI=1S/C23H30FN3O6S2.C21H24FNO3S.C19H18FN3O4S2.C18H17ClFN3O2S2.C17H21FN2O4S2/c1-14(28)18(25)6-7-21(29)26-19(23(32)33)13-34-35-20-8-9-27(12-16(20)10-22(30)31)11-15-4-2-3-5-17(15)24;1-14-9-18(15(2)26-14)13-27-20-7-8-23(12-17(20)10-21(24)25)11-16-5-3-4-6-19(16)22;20-15-5-2-1-4-13(15)11-22-9-7-17(14(12-22)10-18(24)25)28-29-19-16(23(26)27)6-3-8-21-19;19-16-5-6-17(22-21-16)27-26-15-7-8-23(11-13(15)9-18(24)25)10-12-3-1-2-4-14(12)20;18-13-4-2-1-3-11(13)8-20-6-5-15(12(9-20)7-16(21)22)26-25-10-14(19)17(23)24/h2-5,10,18-20H,6-9,11-13,25H2,1H3,(H,26,29)(H,30,31)(H,32,33);3-6,9-10,20H,7-8,11-13H2,1-2H3,(H,24,25);1-6,8,10,17H,7,9,11-12H2,(H,24,25);1-6,9,15H,7-8,10-11H2,(H,24,25);1-4,7,14-15H,5-6,8-10,19H2,(H,21,22)(H,23,24)/b16-10-;17-10-;14-10-;13-9-;12-7-/t;;;;14-,15?/m....0/s1. The lowest BCUT2D eigenvalue weighted by molar-refractivity contribution is -0.388. The number of hydrogen-bond donors (Lipinski definition) is 10. The van der Waals surface area contributed by atoms with Gasteiger partial charge in [-0.05, 0) is 163 Å². The zero-order valence-corrected chi connectivity index (χ0v) is 86.4. The number of furan rings is 1. The van der Waals surface area contributed by atoms with Gasteiger partial charge in [0.25, 0.3) is 0 Å². The molecule has 7 unspecified atom stereocenters. The fourth-order valence-electron chi connectivity index (χ4n) is 15.3. The molecule has 8 atom stereocenters. The lowest BCUT2D eigenvalue weighted by Gasteiger charge is -2.34. The number of benzene rings is 5. The summed E-state index contributed by atoms with van der Waals surface area (Å²) in [5, 5.41) is 87.0. The number of Topliss-reactive ketones (excluding diaryl/α,β-unsaturated/α-hetero) is 1. The van der Waals surface area contributed by atoms with Crippen molar-refractivity contribution in [3.05, 3.63) is 305 Å². The van der Waals surface area contributed by atoms with Crippen LogP contribution in [0.2, 0.25) is 5.15 Å². The van der Waals surface area contributed by atoms with E-state index in [-0.39, 0.29) is 96.2 Å².